The summed E-state index contributed by atoms with van der Waals surface area (Å²) in [7, 11) is 0. The summed E-state index contributed by atoms with van der Waals surface area (Å²) in [6.45, 7) is 0. The standard InChI is InChI=1S/C19H13Cl2NO2/c20-15-7-12(8-16(21)19(15)24)11-3-4-17-13(5-11)6-14(9-22-17)18(23)10-1-2-10/h3-10,24H,1-2H2. The number of ketones is 1. The van der Waals surface area contributed by atoms with Crippen LogP contribution < -0.4 is 0 Å². The number of benzene rings is 2. The van der Waals surface area contributed by atoms with Crippen LogP contribution in [-0.2, 0) is 0 Å². The van der Waals surface area contributed by atoms with Gasteiger partial charge in [0.2, 0.25) is 0 Å². The SMILES string of the molecule is O=C(c1cnc2ccc(-c3cc(Cl)c(O)c(Cl)c3)cc2c1)C1CC1. The van der Waals surface area contributed by atoms with Crippen molar-refractivity contribution >= 4 is 39.9 Å². The lowest BCUT2D eigenvalue weighted by Gasteiger charge is -2.08. The van der Waals surface area contributed by atoms with Gasteiger partial charge in [0.05, 0.1) is 15.6 Å². The largest absolute Gasteiger partial charge is 0.505 e. The summed E-state index contributed by atoms with van der Waals surface area (Å²) in [6, 6.07) is 11.0. The van der Waals surface area contributed by atoms with Gasteiger partial charge in [-0.25, -0.2) is 0 Å². The van der Waals surface area contributed by atoms with E-state index in [2.05, 4.69) is 4.98 Å². The van der Waals surface area contributed by atoms with Crippen molar-refractivity contribution in [2.75, 3.05) is 0 Å². The minimum absolute atomic E-state index is 0.123. The Morgan fingerprint density at radius 3 is 2.42 bits per heavy atom. The molecule has 1 aliphatic carbocycles. The molecule has 1 aromatic heterocycles. The molecule has 0 saturated heterocycles. The molecule has 4 rings (SSSR count). The van der Waals surface area contributed by atoms with Crippen LogP contribution in [0.4, 0.5) is 0 Å². The van der Waals surface area contributed by atoms with Crippen molar-refractivity contribution in [3.63, 3.8) is 0 Å². The van der Waals surface area contributed by atoms with Crippen molar-refractivity contribution in [2.24, 2.45) is 5.92 Å². The second kappa shape index (κ2) is 5.76. The maximum Gasteiger partial charge on any atom is 0.167 e. The third-order valence-corrected chi connectivity index (χ3v) is 4.84. The highest BCUT2D eigenvalue weighted by Gasteiger charge is 2.30. The summed E-state index contributed by atoms with van der Waals surface area (Å²) in [5.74, 6) is 0.217. The van der Waals surface area contributed by atoms with Crippen molar-refractivity contribution in [1.82, 2.24) is 4.98 Å². The number of aromatic nitrogens is 1. The summed E-state index contributed by atoms with van der Waals surface area (Å²) < 4.78 is 0. The number of halogens is 2. The Morgan fingerprint density at radius 1 is 1.04 bits per heavy atom. The monoisotopic (exact) mass is 357 g/mol. The molecule has 1 N–H and O–H groups in total. The molecule has 0 bridgehead atoms. The van der Waals surface area contributed by atoms with E-state index in [0.29, 0.717) is 5.56 Å². The maximum atomic E-state index is 12.2. The first-order chi connectivity index (χ1) is 11.5. The number of pyridine rings is 1. The van der Waals surface area contributed by atoms with Gasteiger partial charge in [0, 0.05) is 23.1 Å². The third kappa shape index (κ3) is 2.74. The number of nitrogens with zero attached hydrogens (tertiary/aromatic N) is 1. The van der Waals surface area contributed by atoms with Gasteiger partial charge >= 0.3 is 0 Å². The highest BCUT2D eigenvalue weighted by atomic mass is 35.5. The number of carbonyl (C=O) groups is 1. The molecule has 5 heteroatoms. The number of phenols is 1. The number of hydrogen-bond acceptors (Lipinski definition) is 3. The summed E-state index contributed by atoms with van der Waals surface area (Å²) in [5, 5.41) is 11.0. The van der Waals surface area contributed by atoms with E-state index in [1.165, 1.54) is 0 Å². The molecule has 1 saturated carbocycles. The molecule has 3 aromatic rings. The molecule has 120 valence electrons. The number of phenolic OH excluding ortho intramolecular Hbond substituents is 1. The van der Waals surface area contributed by atoms with Crippen LogP contribution in [0, 0.1) is 5.92 Å². The van der Waals surface area contributed by atoms with Crippen molar-refractivity contribution in [3.05, 3.63) is 58.2 Å². The summed E-state index contributed by atoms with van der Waals surface area (Å²) >= 11 is 12.0. The Hall–Kier alpha value is -2.10. The van der Waals surface area contributed by atoms with Gasteiger partial charge in [0.15, 0.2) is 11.5 Å². The molecule has 0 unspecified atom stereocenters. The Kier molecular flexibility index (Phi) is 3.70. The number of fused-ring (bicyclic) bond motifs is 1. The molecule has 24 heavy (non-hydrogen) atoms. The van der Waals surface area contributed by atoms with E-state index in [9.17, 15) is 9.90 Å². The van der Waals surface area contributed by atoms with E-state index in [1.54, 1.807) is 18.3 Å². The van der Waals surface area contributed by atoms with Gasteiger partial charge in [-0.3, -0.25) is 9.78 Å². The van der Waals surface area contributed by atoms with Crippen molar-refractivity contribution < 1.29 is 9.90 Å². The summed E-state index contributed by atoms with van der Waals surface area (Å²) in [4.78, 5) is 16.6. The molecule has 0 amide bonds. The second-order valence-corrected chi connectivity index (χ2v) is 6.87. The molecule has 0 aliphatic heterocycles. The first-order valence-electron chi connectivity index (χ1n) is 7.65. The fourth-order valence-electron chi connectivity index (χ4n) is 2.76. The number of aromatic hydroxyl groups is 1. The average molecular weight is 358 g/mol. The third-order valence-electron chi connectivity index (χ3n) is 4.26. The molecule has 0 radical (unpaired) electrons. The van der Waals surface area contributed by atoms with Crippen LogP contribution in [0.25, 0.3) is 22.0 Å². The lowest BCUT2D eigenvalue weighted by atomic mass is 10.0. The Bertz CT molecular complexity index is 957. The summed E-state index contributed by atoms with van der Waals surface area (Å²) in [5.41, 5.74) is 3.17. The zero-order valence-electron chi connectivity index (χ0n) is 12.6. The number of hydrogen-bond donors (Lipinski definition) is 1. The van der Waals surface area contributed by atoms with E-state index in [4.69, 9.17) is 23.2 Å². The normalized spacial score (nSPS) is 14.1. The predicted octanol–water partition coefficient (Wildman–Crippen LogP) is 5.51. The molecule has 1 heterocycles. The first-order valence-corrected chi connectivity index (χ1v) is 8.41. The highest BCUT2D eigenvalue weighted by molar-refractivity contribution is 6.37. The molecular weight excluding hydrogens is 345 g/mol. The van der Waals surface area contributed by atoms with Crippen LogP contribution in [0.15, 0.2) is 42.6 Å². The minimum atomic E-state index is -0.123. The Morgan fingerprint density at radius 2 is 1.75 bits per heavy atom. The zero-order chi connectivity index (χ0) is 16.8. The smallest absolute Gasteiger partial charge is 0.167 e. The lowest BCUT2D eigenvalue weighted by Crippen LogP contribution is -2.01. The lowest BCUT2D eigenvalue weighted by molar-refractivity contribution is 0.0967. The molecule has 1 fully saturated rings. The fraction of sp³-hybridized carbons (Fsp3) is 0.158. The minimum Gasteiger partial charge on any atom is -0.505 e. The second-order valence-electron chi connectivity index (χ2n) is 6.06. The van der Waals surface area contributed by atoms with Gasteiger partial charge in [-0.1, -0.05) is 29.3 Å². The molecule has 1 aliphatic rings. The quantitative estimate of drug-likeness (QED) is 0.629. The van der Waals surface area contributed by atoms with Gasteiger partial charge < -0.3 is 5.11 Å². The van der Waals surface area contributed by atoms with E-state index < -0.39 is 0 Å². The van der Waals surface area contributed by atoms with Crippen LogP contribution in [0.5, 0.6) is 5.75 Å². The van der Waals surface area contributed by atoms with Gasteiger partial charge in [-0.2, -0.15) is 0 Å². The van der Waals surface area contributed by atoms with Crippen LogP contribution in [0.2, 0.25) is 10.0 Å². The number of Topliss-reactive ketones (excluding diaryl/α,β-unsaturated/α-hetero) is 1. The molecule has 3 nitrogen and oxygen atoms in total. The van der Waals surface area contributed by atoms with Crippen LogP contribution in [0.3, 0.4) is 0 Å². The highest BCUT2D eigenvalue weighted by Crippen LogP contribution is 2.37. The van der Waals surface area contributed by atoms with Gasteiger partial charge in [0.25, 0.3) is 0 Å². The topological polar surface area (TPSA) is 50.2 Å². The zero-order valence-corrected chi connectivity index (χ0v) is 14.1. The van der Waals surface area contributed by atoms with Crippen LogP contribution >= 0.6 is 23.2 Å². The molecule has 0 atom stereocenters. The predicted molar refractivity (Wildman–Crippen MR) is 95.9 cm³/mol. The van der Waals surface area contributed by atoms with Gasteiger partial charge in [-0.15, -0.1) is 0 Å². The number of rotatable bonds is 3. The van der Waals surface area contributed by atoms with Crippen molar-refractivity contribution in [1.29, 1.82) is 0 Å². The Balaban J connectivity index is 1.80. The molecule has 2 aromatic carbocycles. The molecule has 0 spiro atoms. The Labute approximate surface area is 148 Å². The first kappa shape index (κ1) is 15.4. The van der Waals surface area contributed by atoms with E-state index in [0.717, 1.165) is 34.9 Å². The van der Waals surface area contributed by atoms with E-state index >= 15 is 0 Å². The fourth-order valence-corrected chi connectivity index (χ4v) is 3.25. The van der Waals surface area contributed by atoms with Gasteiger partial charge in [0.1, 0.15) is 0 Å². The average Bonchev–Trinajstić information content (AvgIpc) is 3.42. The maximum absolute atomic E-state index is 12.2. The molecular formula is C19H13Cl2NO2. The van der Waals surface area contributed by atoms with Crippen molar-refractivity contribution in [2.45, 2.75) is 12.8 Å². The summed E-state index contributed by atoms with van der Waals surface area (Å²) in [6.07, 6.45) is 3.60. The van der Waals surface area contributed by atoms with E-state index in [-0.39, 0.29) is 27.5 Å². The van der Waals surface area contributed by atoms with Gasteiger partial charge in [-0.05, 0) is 54.3 Å². The van der Waals surface area contributed by atoms with Crippen LogP contribution in [-0.4, -0.2) is 15.9 Å². The number of carbonyl (C=O) groups excluding carboxylic acids is 1. The van der Waals surface area contributed by atoms with Crippen LogP contribution in [0.1, 0.15) is 23.2 Å². The van der Waals surface area contributed by atoms with E-state index in [1.807, 2.05) is 24.3 Å². The van der Waals surface area contributed by atoms with Crippen molar-refractivity contribution in [3.8, 4) is 16.9 Å².